The van der Waals surface area contributed by atoms with Crippen LogP contribution in [0.5, 0.6) is 0 Å². The number of nitrogens with zero attached hydrogens (tertiary/aromatic N) is 1. The van der Waals surface area contributed by atoms with Crippen LogP contribution in [0.3, 0.4) is 0 Å². The predicted octanol–water partition coefficient (Wildman–Crippen LogP) is -1.17. The fourth-order valence-corrected chi connectivity index (χ4v) is 1.57. The molecule has 8 nitrogen and oxygen atoms in total. The molecule has 0 unspecified atom stereocenters. The number of hydrogen-bond acceptors (Lipinski definition) is 6. The fraction of sp³-hybridized carbons (Fsp3) is 0.556. The van der Waals surface area contributed by atoms with Gasteiger partial charge >= 0.3 is 5.97 Å². The van der Waals surface area contributed by atoms with E-state index in [1.165, 1.54) is 0 Å². The van der Waals surface area contributed by atoms with E-state index in [9.17, 15) is 14.7 Å². The summed E-state index contributed by atoms with van der Waals surface area (Å²) in [6, 6.07) is 8.54. The van der Waals surface area contributed by atoms with Crippen LogP contribution in [0.4, 0.5) is 0 Å². The molecule has 1 rings (SSSR count). The van der Waals surface area contributed by atoms with Gasteiger partial charge in [0.2, 0.25) is 0 Å². The van der Waals surface area contributed by atoms with Gasteiger partial charge < -0.3 is 35.4 Å². The number of unbranched alkanes of at least 4 members (excludes halogenated alkanes) is 1. The largest absolute Gasteiger partial charge is 0.544 e. The Hall–Kier alpha value is -2.00. The third-order valence-corrected chi connectivity index (χ3v) is 2.79. The summed E-state index contributed by atoms with van der Waals surface area (Å²) in [5.74, 6) is -1.96. The van der Waals surface area contributed by atoms with E-state index in [0.29, 0.717) is 10.9 Å². The molecule has 1 atom stereocenters. The third kappa shape index (κ3) is 20.0. The summed E-state index contributed by atoms with van der Waals surface area (Å²) < 4.78 is 0.419. The number of carboxylic acid groups (broad SMARTS) is 2. The number of carbonyl (C=O) groups is 2. The maximum absolute atomic E-state index is 10.4. The van der Waals surface area contributed by atoms with E-state index in [2.05, 4.69) is 0 Å². The van der Waals surface area contributed by atoms with Gasteiger partial charge in [-0.3, -0.25) is 4.79 Å². The van der Waals surface area contributed by atoms with Gasteiger partial charge in [0.15, 0.2) is 0 Å². The first-order valence-electron chi connectivity index (χ1n) is 8.27. The first kappa shape index (κ1) is 26.2. The minimum atomic E-state index is -1.00. The normalized spacial score (nSPS) is 11.3. The Morgan fingerprint density at radius 3 is 1.81 bits per heavy atom. The van der Waals surface area contributed by atoms with Crippen LogP contribution in [0.15, 0.2) is 30.3 Å². The molecule has 0 radical (unpaired) electrons. The second kappa shape index (κ2) is 15.3. The lowest BCUT2D eigenvalue weighted by molar-refractivity contribution is -0.864. The van der Waals surface area contributed by atoms with E-state index in [4.69, 9.17) is 21.1 Å². The number of rotatable bonds is 8. The molecule has 0 fully saturated rings. The molecular formula is C18H32N2O6. The zero-order valence-corrected chi connectivity index (χ0v) is 15.8. The van der Waals surface area contributed by atoms with Crippen LogP contribution in [0.25, 0.3) is 0 Å². The van der Waals surface area contributed by atoms with Crippen LogP contribution >= 0.6 is 0 Å². The number of carbonyl (C=O) groups excluding carboxylic acids is 1. The summed E-state index contributed by atoms with van der Waals surface area (Å²) in [4.78, 5) is 20.3. The van der Waals surface area contributed by atoms with Crippen LogP contribution in [-0.2, 0) is 16.0 Å². The average Bonchev–Trinajstić information content (AvgIpc) is 2.52. The molecule has 1 aromatic carbocycles. The van der Waals surface area contributed by atoms with Crippen LogP contribution in [-0.4, -0.2) is 78.7 Å². The van der Waals surface area contributed by atoms with Crippen LogP contribution < -0.4 is 10.8 Å². The van der Waals surface area contributed by atoms with Crippen molar-refractivity contribution in [2.24, 2.45) is 5.73 Å². The molecule has 1 aromatic rings. The highest BCUT2D eigenvalue weighted by Crippen LogP contribution is 2.01. The number of quaternary nitrogens is 1. The molecule has 0 aliphatic heterocycles. The van der Waals surface area contributed by atoms with Crippen LogP contribution in [0.1, 0.15) is 18.4 Å². The highest BCUT2D eigenvalue weighted by Gasteiger charge is 2.10. The van der Waals surface area contributed by atoms with Gasteiger partial charge in [-0.1, -0.05) is 30.3 Å². The maximum Gasteiger partial charge on any atom is 0.320 e. The molecule has 0 heterocycles. The lowest BCUT2D eigenvalue weighted by atomic mass is 10.1. The number of aliphatic hydroxyl groups is 2. The van der Waals surface area contributed by atoms with Gasteiger partial charge in [-0.15, -0.1) is 0 Å². The second-order valence-corrected chi connectivity index (χ2v) is 6.61. The first-order valence-corrected chi connectivity index (χ1v) is 8.27. The molecule has 0 aliphatic rings. The fourth-order valence-electron chi connectivity index (χ4n) is 1.57. The number of carboxylic acids is 2. The van der Waals surface area contributed by atoms with Gasteiger partial charge in [0.25, 0.3) is 0 Å². The molecule has 26 heavy (non-hydrogen) atoms. The highest BCUT2D eigenvalue weighted by atomic mass is 16.4. The average molecular weight is 372 g/mol. The van der Waals surface area contributed by atoms with Crippen molar-refractivity contribution < 1.29 is 34.5 Å². The molecule has 0 spiro atoms. The van der Waals surface area contributed by atoms with Crippen molar-refractivity contribution in [3.8, 4) is 0 Å². The van der Waals surface area contributed by atoms with E-state index in [0.717, 1.165) is 18.4 Å². The number of hydrogen-bond donors (Lipinski definition) is 4. The molecular weight excluding hydrogens is 340 g/mol. The summed E-state index contributed by atoms with van der Waals surface area (Å²) in [7, 11) is 5.40. The predicted molar refractivity (Wildman–Crippen MR) is 97.1 cm³/mol. The summed E-state index contributed by atoms with van der Waals surface area (Å²) in [5.41, 5.74) is 6.30. The zero-order chi connectivity index (χ0) is 20.6. The topological polar surface area (TPSA) is 144 Å². The Bertz CT molecular complexity index is 484. The molecule has 0 bridgehead atoms. The third-order valence-electron chi connectivity index (χ3n) is 2.79. The van der Waals surface area contributed by atoms with Crippen molar-refractivity contribution in [2.45, 2.75) is 25.3 Å². The molecule has 0 aliphatic carbocycles. The molecule has 8 heteroatoms. The Morgan fingerprint density at radius 2 is 1.54 bits per heavy atom. The van der Waals surface area contributed by atoms with Crippen molar-refractivity contribution in [1.29, 1.82) is 0 Å². The first-order chi connectivity index (χ1) is 12.0. The van der Waals surface area contributed by atoms with Crippen molar-refractivity contribution in [1.82, 2.24) is 0 Å². The Kier molecular flexibility index (Phi) is 15.4. The molecule has 0 aromatic heterocycles. The van der Waals surface area contributed by atoms with Gasteiger partial charge in [0.05, 0.1) is 27.1 Å². The van der Waals surface area contributed by atoms with Crippen LogP contribution in [0, 0.1) is 0 Å². The Balaban J connectivity index is 0. The summed E-state index contributed by atoms with van der Waals surface area (Å²) in [6.45, 7) is 0.459. The van der Waals surface area contributed by atoms with Crippen molar-refractivity contribution >= 4 is 11.9 Å². The lowest BCUT2D eigenvalue weighted by Gasteiger charge is -2.23. The lowest BCUT2D eigenvalue weighted by Crippen LogP contribution is -2.45. The van der Waals surface area contributed by atoms with Gasteiger partial charge in [-0.05, 0) is 24.8 Å². The number of likely N-dealkylation sites (N-methyl/N-ethyl adjacent to an activating group) is 1. The molecule has 0 saturated heterocycles. The maximum atomic E-state index is 10.4. The zero-order valence-electron chi connectivity index (χ0n) is 15.8. The van der Waals surface area contributed by atoms with Crippen molar-refractivity contribution in [3.05, 3.63) is 35.9 Å². The molecule has 0 amide bonds. The van der Waals surface area contributed by atoms with E-state index in [1.54, 1.807) is 21.1 Å². The number of aliphatic carboxylic acids is 2. The smallest absolute Gasteiger partial charge is 0.320 e. The van der Waals surface area contributed by atoms with E-state index in [1.807, 2.05) is 30.3 Å². The number of benzene rings is 1. The van der Waals surface area contributed by atoms with Gasteiger partial charge in [-0.25, -0.2) is 0 Å². The van der Waals surface area contributed by atoms with Gasteiger partial charge in [0.1, 0.15) is 12.6 Å². The molecule has 0 saturated carbocycles. The van der Waals surface area contributed by atoms with E-state index in [-0.39, 0.29) is 19.8 Å². The Morgan fingerprint density at radius 1 is 1.08 bits per heavy atom. The number of nitrogens with two attached hydrogens (primary N) is 1. The Labute approximate surface area is 155 Å². The minimum absolute atomic E-state index is 0.0694. The van der Waals surface area contributed by atoms with E-state index >= 15 is 0 Å². The van der Waals surface area contributed by atoms with Crippen LogP contribution in [0.2, 0.25) is 0 Å². The summed E-state index contributed by atoms with van der Waals surface area (Å²) >= 11 is 0. The van der Waals surface area contributed by atoms with E-state index < -0.39 is 18.0 Å². The van der Waals surface area contributed by atoms with Gasteiger partial charge in [-0.2, -0.15) is 0 Å². The van der Waals surface area contributed by atoms with Gasteiger partial charge in [0, 0.05) is 13.2 Å². The molecule has 5 N–H and O–H groups in total. The van der Waals surface area contributed by atoms with Crippen molar-refractivity contribution in [3.63, 3.8) is 0 Å². The minimum Gasteiger partial charge on any atom is -0.544 e. The summed E-state index contributed by atoms with van der Waals surface area (Å²) in [5, 5.41) is 34.6. The van der Waals surface area contributed by atoms with Crippen molar-refractivity contribution in [2.75, 3.05) is 40.9 Å². The SMILES string of the molecule is C[N+](C)(C)CC(=O)[O-].N[C@@H](Cc1ccccc1)C(=O)O.OCCCCO. The second-order valence-electron chi connectivity index (χ2n) is 6.61. The number of aliphatic hydroxyl groups excluding tert-OH is 2. The summed E-state index contributed by atoms with van der Waals surface area (Å²) in [6.07, 6.45) is 1.82. The highest BCUT2D eigenvalue weighted by molar-refractivity contribution is 5.73. The monoisotopic (exact) mass is 372 g/mol. The molecule has 150 valence electrons. The quantitative estimate of drug-likeness (QED) is 0.333. The standard InChI is InChI=1S/C9H11NO2.C5H11NO2.C4H10O2/c10-8(9(11)12)6-7-4-2-1-3-5-7;1-6(2,3)4-5(7)8;5-3-1-2-4-6/h1-5,8H,6,10H2,(H,11,12);4H2,1-3H3;5-6H,1-4H2/t8-;;/m0../s1.